The summed E-state index contributed by atoms with van der Waals surface area (Å²) in [6.45, 7) is 5.13. The summed E-state index contributed by atoms with van der Waals surface area (Å²) >= 11 is 0. The Morgan fingerprint density at radius 3 is 2.18 bits per heavy atom. The molecule has 2 aromatic rings. The van der Waals surface area contributed by atoms with Crippen molar-refractivity contribution in [3.63, 3.8) is 0 Å². The Morgan fingerprint density at radius 2 is 1.54 bits per heavy atom. The first-order chi connectivity index (χ1) is 13.8. The molecule has 0 atom stereocenters. The molecule has 2 heteroatoms. The smallest absolute Gasteiger partial charge is 0.119 e. The largest absolute Gasteiger partial charge is 0.494 e. The Labute approximate surface area is 170 Å². The minimum atomic E-state index is 0.674. The molecule has 0 amide bonds. The molecule has 0 unspecified atom stereocenters. The fourth-order valence-electron chi connectivity index (χ4n) is 3.13. The van der Waals surface area contributed by atoms with E-state index in [1.807, 2.05) is 30.3 Å². The molecule has 0 spiro atoms. The number of hydrogen-bond acceptors (Lipinski definition) is 2. The van der Waals surface area contributed by atoms with Crippen LogP contribution in [-0.4, -0.2) is 6.61 Å². The zero-order chi connectivity index (χ0) is 20.0. The molecule has 0 heterocycles. The van der Waals surface area contributed by atoms with E-state index >= 15 is 0 Å². The lowest BCUT2D eigenvalue weighted by Crippen LogP contribution is -1.96. The third kappa shape index (κ3) is 7.61. The summed E-state index contributed by atoms with van der Waals surface area (Å²) in [4.78, 5) is 0. The fourth-order valence-corrected chi connectivity index (χ4v) is 3.13. The van der Waals surface area contributed by atoms with Gasteiger partial charge in [0.25, 0.3) is 0 Å². The van der Waals surface area contributed by atoms with Crippen LogP contribution in [0.2, 0.25) is 0 Å². The highest BCUT2D eigenvalue weighted by molar-refractivity contribution is 5.89. The summed E-state index contributed by atoms with van der Waals surface area (Å²) in [5.41, 5.74) is 4.04. The third-order valence-corrected chi connectivity index (χ3v) is 4.91. The summed E-state index contributed by atoms with van der Waals surface area (Å²) in [5.74, 6) is 0.859. The number of unbranched alkanes of at least 4 members (excludes halogenated alkanes) is 5. The number of nitrogens with zero attached hydrogens (tertiary/aromatic N) is 1. The second kappa shape index (κ2) is 12.8. The van der Waals surface area contributed by atoms with Crippen LogP contribution in [0.25, 0.3) is 11.6 Å². The molecule has 148 valence electrons. The van der Waals surface area contributed by atoms with Gasteiger partial charge in [0.1, 0.15) is 5.75 Å². The number of nitriles is 1. The van der Waals surface area contributed by atoms with Gasteiger partial charge in [-0.2, -0.15) is 5.26 Å². The van der Waals surface area contributed by atoms with Gasteiger partial charge in [-0.25, -0.2) is 0 Å². The maximum atomic E-state index is 9.58. The quantitative estimate of drug-likeness (QED) is 0.219. The lowest BCUT2D eigenvalue weighted by Gasteiger charge is -2.06. The topological polar surface area (TPSA) is 33.0 Å². The van der Waals surface area contributed by atoms with Crippen molar-refractivity contribution in [3.8, 4) is 11.8 Å². The van der Waals surface area contributed by atoms with Crippen LogP contribution < -0.4 is 4.74 Å². The Hall–Kier alpha value is -2.53. The molecule has 0 aromatic heterocycles. The van der Waals surface area contributed by atoms with Crippen LogP contribution in [0.3, 0.4) is 0 Å². The van der Waals surface area contributed by atoms with Crippen LogP contribution in [0.15, 0.2) is 48.5 Å². The maximum absolute atomic E-state index is 9.58. The Bertz CT molecular complexity index is 751. The van der Waals surface area contributed by atoms with E-state index in [2.05, 4.69) is 44.2 Å². The second-order valence-corrected chi connectivity index (χ2v) is 7.30. The number of aryl methyl sites for hydroxylation is 1. The highest BCUT2D eigenvalue weighted by atomic mass is 16.5. The fraction of sp³-hybridized carbons (Fsp3) is 0.423. The van der Waals surface area contributed by atoms with E-state index in [0.29, 0.717) is 5.57 Å². The standard InChI is InChI=1S/C26H33NO/c1-3-5-7-8-9-10-22-11-13-23(14-12-22)20-25(21-27)24-15-17-26(18-16-24)28-19-6-4-2/h11-18,20H,3-10,19H2,1-2H3/b25-20+. The van der Waals surface area contributed by atoms with Crippen molar-refractivity contribution in [2.45, 2.75) is 65.2 Å². The normalized spacial score (nSPS) is 11.2. The number of rotatable bonds is 12. The van der Waals surface area contributed by atoms with Crippen molar-refractivity contribution in [1.82, 2.24) is 0 Å². The summed E-state index contributed by atoms with van der Waals surface area (Å²) in [6.07, 6.45) is 11.8. The zero-order valence-corrected chi connectivity index (χ0v) is 17.4. The van der Waals surface area contributed by atoms with Crippen LogP contribution in [0.4, 0.5) is 0 Å². The number of benzene rings is 2. The predicted molar refractivity (Wildman–Crippen MR) is 119 cm³/mol. The molecular formula is C26H33NO. The van der Waals surface area contributed by atoms with Crippen LogP contribution >= 0.6 is 0 Å². The molecule has 0 aliphatic carbocycles. The summed E-state index contributed by atoms with van der Waals surface area (Å²) in [5, 5.41) is 9.58. The Balaban J connectivity index is 1.95. The van der Waals surface area contributed by atoms with Gasteiger partial charge in [0, 0.05) is 0 Å². The summed E-state index contributed by atoms with van der Waals surface area (Å²) in [6, 6.07) is 18.7. The monoisotopic (exact) mass is 375 g/mol. The van der Waals surface area contributed by atoms with Gasteiger partial charge in [0.05, 0.1) is 18.2 Å². The van der Waals surface area contributed by atoms with Gasteiger partial charge < -0.3 is 4.74 Å². The van der Waals surface area contributed by atoms with Gasteiger partial charge in [0.2, 0.25) is 0 Å². The molecule has 0 radical (unpaired) electrons. The highest BCUT2D eigenvalue weighted by Gasteiger charge is 2.03. The average Bonchev–Trinajstić information content (AvgIpc) is 2.74. The Morgan fingerprint density at radius 1 is 0.857 bits per heavy atom. The first kappa shape index (κ1) is 21.8. The number of ether oxygens (including phenoxy) is 1. The average molecular weight is 376 g/mol. The van der Waals surface area contributed by atoms with E-state index in [1.165, 1.54) is 37.7 Å². The molecule has 0 saturated carbocycles. The molecule has 2 rings (SSSR count). The third-order valence-electron chi connectivity index (χ3n) is 4.91. The van der Waals surface area contributed by atoms with Crippen molar-refractivity contribution in [1.29, 1.82) is 5.26 Å². The highest BCUT2D eigenvalue weighted by Crippen LogP contribution is 2.21. The molecule has 0 aliphatic rings. The molecule has 2 nitrogen and oxygen atoms in total. The first-order valence-electron chi connectivity index (χ1n) is 10.7. The van der Waals surface area contributed by atoms with E-state index in [9.17, 15) is 5.26 Å². The van der Waals surface area contributed by atoms with Crippen molar-refractivity contribution in [2.75, 3.05) is 6.61 Å². The molecule has 28 heavy (non-hydrogen) atoms. The van der Waals surface area contributed by atoms with Gasteiger partial charge in [-0.3, -0.25) is 0 Å². The van der Waals surface area contributed by atoms with E-state index in [0.717, 1.165) is 42.7 Å². The molecule has 0 bridgehead atoms. The molecule has 0 saturated heterocycles. The first-order valence-corrected chi connectivity index (χ1v) is 10.7. The van der Waals surface area contributed by atoms with E-state index in [4.69, 9.17) is 4.74 Å². The van der Waals surface area contributed by atoms with Crippen molar-refractivity contribution in [2.24, 2.45) is 0 Å². The van der Waals surface area contributed by atoms with Crippen molar-refractivity contribution < 1.29 is 4.74 Å². The Kier molecular flexibility index (Phi) is 9.94. The zero-order valence-electron chi connectivity index (χ0n) is 17.4. The van der Waals surface area contributed by atoms with Crippen LogP contribution in [0, 0.1) is 11.3 Å². The lowest BCUT2D eigenvalue weighted by atomic mass is 10.0. The van der Waals surface area contributed by atoms with Gasteiger partial charge in [-0.15, -0.1) is 0 Å². The molecule has 0 N–H and O–H groups in total. The van der Waals surface area contributed by atoms with Crippen molar-refractivity contribution in [3.05, 3.63) is 65.2 Å². The van der Waals surface area contributed by atoms with Gasteiger partial charge in [0.15, 0.2) is 0 Å². The van der Waals surface area contributed by atoms with Crippen LogP contribution in [0.1, 0.15) is 75.5 Å². The SMILES string of the molecule is CCCCCCCc1ccc(/C=C(\C#N)c2ccc(OCCCC)cc2)cc1. The minimum absolute atomic E-state index is 0.674. The second-order valence-electron chi connectivity index (χ2n) is 7.30. The van der Waals surface area contributed by atoms with E-state index in [1.54, 1.807) is 0 Å². The molecular weight excluding hydrogens is 342 g/mol. The molecule has 0 aliphatic heterocycles. The molecule has 2 aromatic carbocycles. The number of hydrogen-bond donors (Lipinski definition) is 0. The van der Waals surface area contributed by atoms with Gasteiger partial charge in [-0.1, -0.05) is 70.2 Å². The van der Waals surface area contributed by atoms with E-state index in [-0.39, 0.29) is 0 Å². The van der Waals surface area contributed by atoms with Gasteiger partial charge in [-0.05, 0) is 66.3 Å². The number of allylic oxidation sites excluding steroid dienone is 1. The maximum Gasteiger partial charge on any atom is 0.119 e. The van der Waals surface area contributed by atoms with Crippen molar-refractivity contribution >= 4 is 11.6 Å². The van der Waals surface area contributed by atoms with Gasteiger partial charge >= 0.3 is 0 Å². The minimum Gasteiger partial charge on any atom is -0.494 e. The summed E-state index contributed by atoms with van der Waals surface area (Å²) < 4.78 is 5.70. The van der Waals surface area contributed by atoms with E-state index < -0.39 is 0 Å². The summed E-state index contributed by atoms with van der Waals surface area (Å²) in [7, 11) is 0. The van der Waals surface area contributed by atoms with Crippen LogP contribution in [0.5, 0.6) is 5.75 Å². The lowest BCUT2D eigenvalue weighted by molar-refractivity contribution is 0.309. The predicted octanol–water partition coefficient (Wildman–Crippen LogP) is 7.44. The van der Waals surface area contributed by atoms with Crippen LogP contribution in [-0.2, 0) is 6.42 Å². The molecule has 0 fully saturated rings.